The fourth-order valence-corrected chi connectivity index (χ4v) is 4.12. The molecule has 4 rings (SSSR count). The predicted molar refractivity (Wildman–Crippen MR) is 127 cm³/mol. The van der Waals surface area contributed by atoms with Gasteiger partial charge >= 0.3 is 0 Å². The molecule has 1 N–H and O–H groups in total. The molecule has 3 heteroatoms. The van der Waals surface area contributed by atoms with E-state index in [0.29, 0.717) is 6.61 Å². The van der Waals surface area contributed by atoms with Crippen molar-refractivity contribution in [1.82, 2.24) is 0 Å². The first kappa shape index (κ1) is 20.0. The van der Waals surface area contributed by atoms with Crippen LogP contribution in [0.5, 0.6) is 5.75 Å². The molecule has 0 aliphatic carbocycles. The average molecular weight is 398 g/mol. The van der Waals surface area contributed by atoms with Crippen molar-refractivity contribution in [2.45, 2.75) is 26.2 Å². The third kappa shape index (κ3) is 3.88. The fraction of sp³-hybridized carbons (Fsp3) is 0.222. The minimum absolute atomic E-state index is 0.00298. The van der Waals surface area contributed by atoms with Gasteiger partial charge in [-0.1, -0.05) is 30.3 Å². The highest BCUT2D eigenvalue weighted by Gasteiger charge is 2.42. The Morgan fingerprint density at radius 2 is 1.50 bits per heavy atom. The van der Waals surface area contributed by atoms with Gasteiger partial charge in [-0.3, -0.25) is 0 Å². The van der Waals surface area contributed by atoms with Crippen molar-refractivity contribution in [2.24, 2.45) is 0 Å². The van der Waals surface area contributed by atoms with E-state index in [1.165, 1.54) is 22.5 Å². The Kier molecular flexibility index (Phi) is 5.45. The number of nitrogens with zero attached hydrogens (tertiary/aromatic N) is 1. The lowest BCUT2D eigenvalue weighted by molar-refractivity contribution is -0.401. The monoisotopic (exact) mass is 397 g/mol. The zero-order valence-electron chi connectivity index (χ0n) is 18.1. The van der Waals surface area contributed by atoms with Gasteiger partial charge in [-0.05, 0) is 68.8 Å². The summed E-state index contributed by atoms with van der Waals surface area (Å²) in [5, 5.41) is 3.44. The summed E-state index contributed by atoms with van der Waals surface area (Å²) in [6.45, 7) is 7.25. The highest BCUT2D eigenvalue weighted by molar-refractivity contribution is 6.05. The van der Waals surface area contributed by atoms with Crippen molar-refractivity contribution in [2.75, 3.05) is 19.0 Å². The van der Waals surface area contributed by atoms with Crippen molar-refractivity contribution in [3.8, 4) is 5.75 Å². The Balaban J connectivity index is 1.47. The van der Waals surface area contributed by atoms with Gasteiger partial charge in [-0.25, -0.2) is 0 Å². The Morgan fingerprint density at radius 1 is 0.867 bits per heavy atom. The number of allylic oxidation sites excluding steroid dienone is 1. The van der Waals surface area contributed by atoms with Gasteiger partial charge in [0.25, 0.3) is 0 Å². The standard InChI is InChI=1S/C27H28N2O/c1-5-30-23-17-15-22(16-18-23)28-21-13-10-20(11-14-21)12-19-26-27(2,3)24-8-6-7-9-25(24)29(26)4/h6-19H,5H2,1-4H3/p+1. The molecule has 0 bridgehead atoms. The van der Waals surface area contributed by atoms with Crippen LogP contribution in [0.3, 0.4) is 0 Å². The molecule has 0 amide bonds. The van der Waals surface area contributed by atoms with Crippen molar-refractivity contribution >= 4 is 28.8 Å². The second-order valence-electron chi connectivity index (χ2n) is 8.12. The van der Waals surface area contributed by atoms with Crippen LogP contribution in [0, 0.1) is 0 Å². The van der Waals surface area contributed by atoms with Gasteiger partial charge < -0.3 is 10.1 Å². The van der Waals surface area contributed by atoms with Crippen LogP contribution in [0.15, 0.2) is 78.9 Å². The lowest BCUT2D eigenvalue weighted by Crippen LogP contribution is -2.26. The molecule has 3 aromatic rings. The first-order valence-electron chi connectivity index (χ1n) is 10.5. The summed E-state index contributed by atoms with van der Waals surface area (Å²) < 4.78 is 7.80. The molecule has 3 nitrogen and oxygen atoms in total. The molecule has 0 fully saturated rings. The van der Waals surface area contributed by atoms with E-state index < -0.39 is 0 Å². The molecule has 152 valence electrons. The van der Waals surface area contributed by atoms with Crippen LogP contribution in [0.4, 0.5) is 17.1 Å². The van der Waals surface area contributed by atoms with Crippen molar-refractivity contribution in [1.29, 1.82) is 0 Å². The Hall–Kier alpha value is -3.33. The molecule has 0 spiro atoms. The second-order valence-corrected chi connectivity index (χ2v) is 8.12. The predicted octanol–water partition coefficient (Wildman–Crippen LogP) is 6.55. The van der Waals surface area contributed by atoms with Crippen LogP contribution in [0.2, 0.25) is 0 Å². The molecule has 0 atom stereocenters. The van der Waals surface area contributed by atoms with E-state index in [0.717, 1.165) is 17.1 Å². The molecule has 0 saturated carbocycles. The molecule has 0 radical (unpaired) electrons. The van der Waals surface area contributed by atoms with Gasteiger partial charge in [-0.15, -0.1) is 0 Å². The Labute approximate surface area is 179 Å². The number of fused-ring (bicyclic) bond motifs is 1. The van der Waals surface area contributed by atoms with Gasteiger partial charge in [0.05, 0.1) is 12.0 Å². The van der Waals surface area contributed by atoms with Crippen LogP contribution in [0.25, 0.3) is 6.08 Å². The van der Waals surface area contributed by atoms with Crippen molar-refractivity contribution in [3.05, 3.63) is 90.0 Å². The van der Waals surface area contributed by atoms with Gasteiger partial charge in [-0.2, -0.15) is 4.58 Å². The summed E-state index contributed by atoms with van der Waals surface area (Å²) in [6, 6.07) is 25.2. The lowest BCUT2D eigenvalue weighted by atomic mass is 9.81. The van der Waals surface area contributed by atoms with Crippen LogP contribution in [-0.4, -0.2) is 23.9 Å². The highest BCUT2D eigenvalue weighted by atomic mass is 16.5. The summed E-state index contributed by atoms with van der Waals surface area (Å²) in [7, 11) is 2.15. The normalized spacial score (nSPS) is 14.8. The third-order valence-electron chi connectivity index (χ3n) is 5.74. The molecule has 30 heavy (non-hydrogen) atoms. The number of anilines is 2. The minimum Gasteiger partial charge on any atom is -0.494 e. The molecular formula is C27H29N2O+. The van der Waals surface area contributed by atoms with E-state index in [1.807, 2.05) is 31.2 Å². The van der Waals surface area contributed by atoms with E-state index in [-0.39, 0.29) is 5.41 Å². The van der Waals surface area contributed by atoms with Crippen LogP contribution in [0.1, 0.15) is 31.9 Å². The largest absolute Gasteiger partial charge is 0.494 e. The number of para-hydroxylation sites is 1. The highest BCUT2D eigenvalue weighted by Crippen LogP contribution is 2.39. The zero-order valence-corrected chi connectivity index (χ0v) is 18.1. The maximum absolute atomic E-state index is 5.50. The summed E-state index contributed by atoms with van der Waals surface area (Å²) in [4.78, 5) is 0. The second kappa shape index (κ2) is 8.19. The van der Waals surface area contributed by atoms with E-state index in [2.05, 4.69) is 91.5 Å². The smallest absolute Gasteiger partial charge is 0.209 e. The number of nitrogens with one attached hydrogen (secondary N) is 1. The topological polar surface area (TPSA) is 24.3 Å². The van der Waals surface area contributed by atoms with Gasteiger partial charge in [0, 0.05) is 29.1 Å². The molecule has 3 aromatic carbocycles. The zero-order chi connectivity index (χ0) is 21.1. The number of benzene rings is 3. The number of hydrogen-bond donors (Lipinski definition) is 1. The van der Waals surface area contributed by atoms with Crippen LogP contribution < -0.4 is 10.1 Å². The summed E-state index contributed by atoms with van der Waals surface area (Å²) in [5.74, 6) is 0.892. The summed E-state index contributed by atoms with van der Waals surface area (Å²) >= 11 is 0. The van der Waals surface area contributed by atoms with E-state index in [4.69, 9.17) is 4.74 Å². The van der Waals surface area contributed by atoms with Gasteiger partial charge in [0.1, 0.15) is 12.8 Å². The van der Waals surface area contributed by atoms with E-state index >= 15 is 0 Å². The van der Waals surface area contributed by atoms with E-state index in [9.17, 15) is 0 Å². The van der Waals surface area contributed by atoms with Gasteiger partial charge in [0.15, 0.2) is 5.71 Å². The minimum atomic E-state index is -0.00298. The maximum atomic E-state index is 5.50. The number of ether oxygens (including phenoxy) is 1. The Bertz CT molecular complexity index is 1090. The van der Waals surface area contributed by atoms with E-state index in [1.54, 1.807) is 0 Å². The van der Waals surface area contributed by atoms with Gasteiger partial charge in [0.2, 0.25) is 5.69 Å². The maximum Gasteiger partial charge on any atom is 0.209 e. The van der Waals surface area contributed by atoms with Crippen LogP contribution in [-0.2, 0) is 5.41 Å². The summed E-state index contributed by atoms with van der Waals surface area (Å²) in [6.07, 6.45) is 4.44. The molecule has 1 heterocycles. The number of hydrogen-bond acceptors (Lipinski definition) is 2. The number of rotatable bonds is 6. The van der Waals surface area contributed by atoms with Crippen LogP contribution >= 0.6 is 0 Å². The fourth-order valence-electron chi connectivity index (χ4n) is 4.12. The molecule has 1 aliphatic rings. The molecule has 0 aromatic heterocycles. The van der Waals surface area contributed by atoms with Crippen molar-refractivity contribution in [3.63, 3.8) is 0 Å². The summed E-state index contributed by atoms with van der Waals surface area (Å²) in [5.41, 5.74) is 7.26. The first-order chi connectivity index (χ1) is 14.5. The SMILES string of the molecule is CCOc1ccc(Nc2ccc(/C=C/C3=[N+](C)c4ccccc4C3(C)C)cc2)cc1. The van der Waals surface area contributed by atoms with Crippen molar-refractivity contribution < 1.29 is 9.31 Å². The first-order valence-corrected chi connectivity index (χ1v) is 10.5. The molecule has 0 saturated heterocycles. The Morgan fingerprint density at radius 3 is 2.13 bits per heavy atom. The third-order valence-corrected chi connectivity index (χ3v) is 5.74. The molecule has 1 aliphatic heterocycles. The quantitative estimate of drug-likeness (QED) is 0.477. The molecular weight excluding hydrogens is 368 g/mol. The average Bonchev–Trinajstić information content (AvgIpc) is 2.95. The lowest BCUT2D eigenvalue weighted by Gasteiger charge is -2.15. The molecule has 0 unspecified atom stereocenters.